The number of allylic oxidation sites excluding steroid dienone is 1. The number of hydrogen-bond acceptors (Lipinski definition) is 6. The molecule has 2 aromatic carbocycles. The van der Waals surface area contributed by atoms with Gasteiger partial charge in [0.15, 0.2) is 5.76 Å². The number of nitriles is 1. The van der Waals surface area contributed by atoms with Crippen LogP contribution in [0.25, 0.3) is 23.0 Å². The lowest BCUT2D eigenvalue weighted by Crippen LogP contribution is -1.88. The average Bonchev–Trinajstić information content (AvgIpc) is 3.08. The first kappa shape index (κ1) is 16.0. The summed E-state index contributed by atoms with van der Waals surface area (Å²) >= 11 is 0. The van der Waals surface area contributed by atoms with Gasteiger partial charge in [-0.25, -0.2) is 0 Å². The molecule has 0 unspecified atom stereocenters. The lowest BCUT2D eigenvalue weighted by Gasteiger charge is -2.02. The fourth-order valence-electron chi connectivity index (χ4n) is 2.32. The minimum Gasteiger partial charge on any atom is -0.507 e. The molecule has 0 radical (unpaired) electrons. The number of non-ortho nitro benzene ring substituents is 1. The van der Waals surface area contributed by atoms with Crippen LogP contribution in [-0.2, 0) is 0 Å². The monoisotopic (exact) mass is 333 g/mol. The summed E-state index contributed by atoms with van der Waals surface area (Å²) in [6.07, 6.45) is 2.99. The fourth-order valence-corrected chi connectivity index (χ4v) is 2.32. The number of nitro groups is 1. The van der Waals surface area contributed by atoms with Crippen LogP contribution in [0.1, 0.15) is 11.1 Å². The quantitative estimate of drug-likeness (QED) is 0.438. The maximum absolute atomic E-state index is 10.7. The van der Waals surface area contributed by atoms with Crippen molar-refractivity contribution >= 4 is 17.3 Å². The standard InChI is InChI=1S/C18H11N3O4/c19-10-13(12-5-7-15(8-6-12)21(23)24)9-14-11-20-25-18(14)16-3-1-2-4-17(16)22/h1-9,11,22H/b13-9-. The molecule has 3 rings (SSSR count). The highest BCUT2D eigenvalue weighted by Crippen LogP contribution is 2.33. The van der Waals surface area contributed by atoms with E-state index >= 15 is 0 Å². The van der Waals surface area contributed by atoms with Gasteiger partial charge in [0.2, 0.25) is 0 Å². The number of nitrogens with zero attached hydrogens (tertiary/aromatic N) is 3. The van der Waals surface area contributed by atoms with Crippen molar-refractivity contribution in [1.29, 1.82) is 5.26 Å². The van der Waals surface area contributed by atoms with Crippen molar-refractivity contribution in [3.05, 3.63) is 76.0 Å². The molecule has 0 atom stereocenters. The molecule has 1 N–H and O–H groups in total. The molecule has 3 aromatic rings. The lowest BCUT2D eigenvalue weighted by molar-refractivity contribution is -0.384. The van der Waals surface area contributed by atoms with E-state index in [4.69, 9.17) is 4.52 Å². The predicted octanol–water partition coefficient (Wildman–Crippen LogP) is 4.02. The van der Waals surface area contributed by atoms with Crippen LogP contribution in [0.4, 0.5) is 5.69 Å². The maximum atomic E-state index is 10.7. The van der Waals surface area contributed by atoms with Gasteiger partial charge in [0.25, 0.3) is 5.69 Å². The minimum atomic E-state index is -0.504. The Morgan fingerprint density at radius 1 is 1.24 bits per heavy atom. The van der Waals surface area contributed by atoms with Crippen LogP contribution in [0.3, 0.4) is 0 Å². The summed E-state index contributed by atoms with van der Waals surface area (Å²) in [7, 11) is 0. The van der Waals surface area contributed by atoms with Crippen molar-refractivity contribution in [2.24, 2.45) is 0 Å². The summed E-state index contributed by atoms with van der Waals surface area (Å²) in [4.78, 5) is 10.2. The number of nitro benzene ring substituents is 1. The van der Waals surface area contributed by atoms with Crippen LogP contribution in [0.5, 0.6) is 5.75 Å². The van der Waals surface area contributed by atoms with Gasteiger partial charge in [-0.1, -0.05) is 17.3 Å². The second-order valence-electron chi connectivity index (χ2n) is 5.10. The van der Waals surface area contributed by atoms with Crippen molar-refractivity contribution < 1.29 is 14.6 Å². The molecular formula is C18H11N3O4. The Balaban J connectivity index is 2.02. The predicted molar refractivity (Wildman–Crippen MR) is 90.2 cm³/mol. The number of aromatic hydroxyl groups is 1. The van der Waals surface area contributed by atoms with Gasteiger partial charge in [0, 0.05) is 17.7 Å². The van der Waals surface area contributed by atoms with E-state index in [1.54, 1.807) is 24.3 Å². The van der Waals surface area contributed by atoms with Crippen LogP contribution >= 0.6 is 0 Å². The minimum absolute atomic E-state index is 0.0303. The first-order chi connectivity index (χ1) is 12.1. The molecule has 0 bridgehead atoms. The van der Waals surface area contributed by atoms with E-state index < -0.39 is 4.92 Å². The SMILES string of the molecule is N#C/C(=C/c1cnoc1-c1ccccc1O)c1ccc([N+](=O)[O-])cc1. The Kier molecular flexibility index (Phi) is 4.26. The van der Waals surface area contributed by atoms with E-state index in [2.05, 4.69) is 11.2 Å². The van der Waals surface area contributed by atoms with Gasteiger partial charge in [0.1, 0.15) is 5.75 Å². The molecule has 0 aliphatic carbocycles. The normalized spacial score (nSPS) is 11.1. The molecule has 0 spiro atoms. The second-order valence-corrected chi connectivity index (χ2v) is 5.10. The highest BCUT2D eigenvalue weighted by atomic mass is 16.6. The Labute approximate surface area is 142 Å². The summed E-state index contributed by atoms with van der Waals surface area (Å²) in [6.45, 7) is 0. The Hall–Kier alpha value is -3.92. The molecule has 1 heterocycles. The third kappa shape index (κ3) is 3.23. The third-order valence-corrected chi connectivity index (χ3v) is 3.56. The zero-order chi connectivity index (χ0) is 17.8. The summed E-state index contributed by atoms with van der Waals surface area (Å²) in [5.74, 6) is 0.357. The topological polar surface area (TPSA) is 113 Å². The van der Waals surface area contributed by atoms with E-state index in [-0.39, 0.29) is 17.0 Å². The Bertz CT molecular complexity index is 998. The van der Waals surface area contributed by atoms with E-state index in [9.17, 15) is 20.5 Å². The first-order valence-electron chi connectivity index (χ1n) is 7.20. The highest BCUT2D eigenvalue weighted by molar-refractivity contribution is 5.92. The molecular weight excluding hydrogens is 322 g/mol. The molecule has 0 saturated heterocycles. The Morgan fingerprint density at radius 2 is 1.96 bits per heavy atom. The number of aromatic nitrogens is 1. The highest BCUT2D eigenvalue weighted by Gasteiger charge is 2.14. The van der Waals surface area contributed by atoms with Gasteiger partial charge in [-0.3, -0.25) is 10.1 Å². The van der Waals surface area contributed by atoms with Gasteiger partial charge >= 0.3 is 0 Å². The molecule has 0 aliphatic heterocycles. The molecule has 0 amide bonds. The summed E-state index contributed by atoms with van der Waals surface area (Å²) in [5.41, 5.74) is 1.72. The van der Waals surface area contributed by atoms with Gasteiger partial charge in [-0.05, 0) is 35.9 Å². The number of benzene rings is 2. The van der Waals surface area contributed by atoms with Crippen molar-refractivity contribution in [3.8, 4) is 23.1 Å². The van der Waals surface area contributed by atoms with Gasteiger partial charge in [0.05, 0.1) is 28.3 Å². The van der Waals surface area contributed by atoms with E-state index in [0.29, 0.717) is 22.5 Å². The van der Waals surface area contributed by atoms with Crippen molar-refractivity contribution in [3.63, 3.8) is 0 Å². The van der Waals surface area contributed by atoms with Crippen LogP contribution < -0.4 is 0 Å². The van der Waals surface area contributed by atoms with Crippen LogP contribution in [0.15, 0.2) is 59.3 Å². The number of phenolic OH excluding ortho intramolecular Hbond substituents is 1. The fraction of sp³-hybridized carbons (Fsp3) is 0. The van der Waals surface area contributed by atoms with Crippen LogP contribution in [0, 0.1) is 21.4 Å². The second kappa shape index (κ2) is 6.68. The molecule has 0 fully saturated rings. The molecule has 1 aromatic heterocycles. The molecule has 122 valence electrons. The first-order valence-corrected chi connectivity index (χ1v) is 7.20. The lowest BCUT2D eigenvalue weighted by atomic mass is 10.0. The van der Waals surface area contributed by atoms with Gasteiger partial charge in [-0.2, -0.15) is 5.26 Å². The molecule has 0 saturated carbocycles. The third-order valence-electron chi connectivity index (χ3n) is 3.56. The maximum Gasteiger partial charge on any atom is 0.269 e. The van der Waals surface area contributed by atoms with E-state index in [1.165, 1.54) is 36.5 Å². The number of phenols is 1. The van der Waals surface area contributed by atoms with Gasteiger partial charge < -0.3 is 9.63 Å². The summed E-state index contributed by atoms with van der Waals surface area (Å²) in [6, 6.07) is 14.3. The molecule has 7 heteroatoms. The Morgan fingerprint density at radius 3 is 2.60 bits per heavy atom. The summed E-state index contributed by atoms with van der Waals surface area (Å²) in [5, 5.41) is 33.8. The average molecular weight is 333 g/mol. The van der Waals surface area contributed by atoms with Gasteiger partial charge in [-0.15, -0.1) is 0 Å². The number of para-hydroxylation sites is 1. The largest absolute Gasteiger partial charge is 0.507 e. The zero-order valence-corrected chi connectivity index (χ0v) is 12.8. The molecule has 7 nitrogen and oxygen atoms in total. The van der Waals surface area contributed by atoms with Crippen LogP contribution in [-0.4, -0.2) is 15.2 Å². The van der Waals surface area contributed by atoms with Crippen molar-refractivity contribution in [1.82, 2.24) is 5.16 Å². The van der Waals surface area contributed by atoms with E-state index in [1.807, 2.05) is 0 Å². The van der Waals surface area contributed by atoms with E-state index in [0.717, 1.165) is 0 Å². The molecule has 0 aliphatic rings. The summed E-state index contributed by atoms with van der Waals surface area (Å²) < 4.78 is 5.21. The molecule has 25 heavy (non-hydrogen) atoms. The smallest absolute Gasteiger partial charge is 0.269 e. The van der Waals surface area contributed by atoms with Crippen LogP contribution in [0.2, 0.25) is 0 Å². The van der Waals surface area contributed by atoms with Crippen molar-refractivity contribution in [2.45, 2.75) is 0 Å². The number of hydrogen-bond donors (Lipinski definition) is 1. The number of rotatable bonds is 4. The van der Waals surface area contributed by atoms with Crippen molar-refractivity contribution in [2.75, 3.05) is 0 Å². The zero-order valence-electron chi connectivity index (χ0n) is 12.8.